The van der Waals surface area contributed by atoms with E-state index in [0.717, 1.165) is 16.5 Å². The van der Waals surface area contributed by atoms with Crippen LogP contribution in [0.4, 0.5) is 10.1 Å². The zero-order valence-electron chi connectivity index (χ0n) is 12.2. The number of nitrogens with zero attached hydrogens (tertiary/aromatic N) is 3. The average molecular weight is 318 g/mol. The number of para-hydroxylation sites is 1. The van der Waals surface area contributed by atoms with Gasteiger partial charge in [0.25, 0.3) is 0 Å². The van der Waals surface area contributed by atoms with Gasteiger partial charge >= 0.3 is 0 Å². The lowest BCUT2D eigenvalue weighted by atomic mass is 10.2. The highest BCUT2D eigenvalue weighted by molar-refractivity contribution is 5.85. The Morgan fingerprint density at radius 1 is 1.32 bits per heavy atom. The fraction of sp³-hybridized carbons (Fsp3) is 0.118. The van der Waals surface area contributed by atoms with Crippen LogP contribution in [0.25, 0.3) is 10.9 Å². The van der Waals surface area contributed by atoms with Gasteiger partial charge in [0.05, 0.1) is 23.9 Å². The summed E-state index contributed by atoms with van der Waals surface area (Å²) in [4.78, 5) is 3.81. The zero-order valence-corrected chi connectivity index (χ0v) is 13.1. The molecular weight excluding hydrogens is 301 g/mol. The molecule has 0 bridgehead atoms. The molecule has 0 amide bonds. The van der Waals surface area contributed by atoms with Crippen LogP contribution in [0.15, 0.2) is 61.6 Å². The first-order valence-corrected chi connectivity index (χ1v) is 6.77. The Labute approximate surface area is 135 Å². The molecule has 0 N–H and O–H groups in total. The maximum atomic E-state index is 14.1. The molecule has 0 aliphatic rings. The van der Waals surface area contributed by atoms with Crippen molar-refractivity contribution in [2.24, 2.45) is 0 Å². The van der Waals surface area contributed by atoms with E-state index in [9.17, 15) is 4.39 Å². The molecule has 0 aliphatic heterocycles. The second-order valence-electron chi connectivity index (χ2n) is 4.87. The number of rotatable bonds is 4. The molecule has 2 aromatic heterocycles. The van der Waals surface area contributed by atoms with E-state index < -0.39 is 0 Å². The normalized spacial score (nSPS) is 10.3. The molecule has 0 radical (unpaired) electrons. The van der Waals surface area contributed by atoms with Crippen molar-refractivity contribution in [2.75, 3.05) is 11.6 Å². The van der Waals surface area contributed by atoms with Gasteiger partial charge in [-0.25, -0.2) is 4.39 Å². The summed E-state index contributed by atoms with van der Waals surface area (Å²) >= 11 is 0. The van der Waals surface area contributed by atoms with Crippen molar-refractivity contribution in [1.82, 2.24) is 9.66 Å². The van der Waals surface area contributed by atoms with Crippen molar-refractivity contribution in [3.05, 3.63) is 73.0 Å². The highest BCUT2D eigenvalue weighted by Gasteiger charge is 2.15. The molecule has 22 heavy (non-hydrogen) atoms. The van der Waals surface area contributed by atoms with Crippen LogP contribution in [0.2, 0.25) is 0 Å². The molecule has 2 heterocycles. The smallest absolute Gasteiger partial charge is 0.166 e. The summed E-state index contributed by atoms with van der Waals surface area (Å²) in [5, 5.41) is 3.00. The Kier molecular flexibility index (Phi) is 4.83. The monoisotopic (exact) mass is 317 g/mol. The van der Waals surface area contributed by atoms with E-state index in [4.69, 9.17) is 0 Å². The molecule has 0 unspecified atom stereocenters. The third kappa shape index (κ3) is 2.70. The van der Waals surface area contributed by atoms with E-state index in [2.05, 4.69) is 17.6 Å². The van der Waals surface area contributed by atoms with Crippen molar-refractivity contribution in [3.63, 3.8) is 0 Å². The third-order valence-corrected chi connectivity index (χ3v) is 3.48. The van der Waals surface area contributed by atoms with Crippen LogP contribution >= 0.6 is 12.4 Å². The molecule has 3 nitrogen and oxygen atoms in total. The molecule has 1 aromatic carbocycles. The van der Waals surface area contributed by atoms with Gasteiger partial charge in [-0.05, 0) is 24.6 Å². The fourth-order valence-electron chi connectivity index (χ4n) is 2.53. The van der Waals surface area contributed by atoms with Crippen molar-refractivity contribution in [2.45, 2.75) is 6.92 Å². The van der Waals surface area contributed by atoms with Crippen LogP contribution < -0.4 is 5.01 Å². The second kappa shape index (κ2) is 6.62. The average Bonchev–Trinajstić information content (AvgIpc) is 2.83. The minimum absolute atomic E-state index is 0. The van der Waals surface area contributed by atoms with Crippen LogP contribution in [0.1, 0.15) is 5.56 Å². The molecule has 114 valence electrons. The fourth-order valence-corrected chi connectivity index (χ4v) is 2.53. The van der Waals surface area contributed by atoms with Gasteiger partial charge in [0.2, 0.25) is 0 Å². The minimum atomic E-state index is -0.352. The predicted octanol–water partition coefficient (Wildman–Crippen LogP) is 4.36. The van der Waals surface area contributed by atoms with Gasteiger partial charge in [-0.1, -0.05) is 24.3 Å². The number of hydrogen-bond acceptors (Lipinski definition) is 2. The van der Waals surface area contributed by atoms with Gasteiger partial charge in [0.1, 0.15) is 0 Å². The van der Waals surface area contributed by atoms with Gasteiger partial charge in [-0.2, -0.15) is 0 Å². The molecule has 5 heteroatoms. The Morgan fingerprint density at radius 2 is 2.09 bits per heavy atom. The van der Waals surface area contributed by atoms with Crippen LogP contribution in [-0.2, 0) is 0 Å². The molecule has 3 rings (SSSR count). The largest absolute Gasteiger partial charge is 0.274 e. The maximum Gasteiger partial charge on any atom is 0.166 e. The summed E-state index contributed by atoms with van der Waals surface area (Å²) < 4.78 is 16.1. The molecular formula is C17H17ClFN3. The first-order valence-electron chi connectivity index (χ1n) is 6.77. The number of halogens is 2. The lowest BCUT2D eigenvalue weighted by Crippen LogP contribution is -2.29. The van der Waals surface area contributed by atoms with E-state index in [1.165, 1.54) is 6.20 Å². The summed E-state index contributed by atoms with van der Waals surface area (Å²) in [6, 6.07) is 9.74. The van der Waals surface area contributed by atoms with Gasteiger partial charge in [0.15, 0.2) is 5.82 Å². The van der Waals surface area contributed by atoms with Crippen molar-refractivity contribution in [1.29, 1.82) is 0 Å². The summed E-state index contributed by atoms with van der Waals surface area (Å²) in [6.07, 6.45) is 6.58. The van der Waals surface area contributed by atoms with E-state index in [-0.39, 0.29) is 18.2 Å². The minimum Gasteiger partial charge on any atom is -0.274 e. The molecule has 0 saturated heterocycles. The number of aromatic nitrogens is 2. The Balaban J connectivity index is 0.00000176. The number of benzene rings is 1. The van der Waals surface area contributed by atoms with E-state index >= 15 is 0 Å². The van der Waals surface area contributed by atoms with Gasteiger partial charge in [-0.15, -0.1) is 19.0 Å². The first-order chi connectivity index (χ1) is 10.2. The molecule has 3 aromatic rings. The third-order valence-electron chi connectivity index (χ3n) is 3.48. The highest BCUT2D eigenvalue weighted by Crippen LogP contribution is 2.25. The van der Waals surface area contributed by atoms with Crippen LogP contribution in [0.3, 0.4) is 0 Å². The predicted molar refractivity (Wildman–Crippen MR) is 91.1 cm³/mol. The quantitative estimate of drug-likeness (QED) is 0.667. The van der Waals surface area contributed by atoms with Gasteiger partial charge in [0, 0.05) is 17.8 Å². The number of aryl methyl sites for hydroxylation is 1. The van der Waals surface area contributed by atoms with Crippen molar-refractivity contribution >= 4 is 29.0 Å². The lowest BCUT2D eigenvalue weighted by molar-refractivity contribution is 0.605. The molecule has 0 aliphatic carbocycles. The Hall–Kier alpha value is -2.33. The first kappa shape index (κ1) is 16.0. The summed E-state index contributed by atoms with van der Waals surface area (Å²) in [5.41, 5.74) is 2.66. The van der Waals surface area contributed by atoms with E-state index in [1.54, 1.807) is 18.3 Å². The number of fused-ring (bicyclic) bond motifs is 1. The SMILES string of the molecule is C=CCN(c1ccncc1F)n1cc(C)c2ccccc21.Cl. The highest BCUT2D eigenvalue weighted by atomic mass is 35.5. The summed E-state index contributed by atoms with van der Waals surface area (Å²) in [5.74, 6) is -0.352. The molecule has 0 saturated carbocycles. The number of hydrogen-bond donors (Lipinski definition) is 0. The van der Waals surface area contributed by atoms with Gasteiger partial charge in [-0.3, -0.25) is 14.7 Å². The van der Waals surface area contributed by atoms with Gasteiger partial charge < -0.3 is 0 Å². The standard InChI is InChI=1S/C17H16FN3.ClH/c1-3-10-20(17-8-9-19-11-15(17)18)21-12-13(2)14-6-4-5-7-16(14)21;/h3-9,11-12H,1,10H2,2H3;1H. The number of anilines is 1. The molecule has 0 fully saturated rings. The van der Waals surface area contributed by atoms with Crippen LogP contribution in [0.5, 0.6) is 0 Å². The van der Waals surface area contributed by atoms with Crippen molar-refractivity contribution in [3.8, 4) is 0 Å². The van der Waals surface area contributed by atoms with Crippen LogP contribution in [0, 0.1) is 12.7 Å². The van der Waals surface area contributed by atoms with Crippen LogP contribution in [-0.4, -0.2) is 16.2 Å². The van der Waals surface area contributed by atoms with Crippen molar-refractivity contribution < 1.29 is 4.39 Å². The molecule has 0 atom stereocenters. The summed E-state index contributed by atoms with van der Waals surface area (Å²) in [6.45, 7) is 6.32. The van der Waals surface area contributed by atoms with E-state index in [1.807, 2.05) is 41.0 Å². The molecule has 0 spiro atoms. The summed E-state index contributed by atoms with van der Waals surface area (Å²) in [7, 11) is 0. The number of pyridine rings is 1. The Morgan fingerprint density at radius 3 is 2.82 bits per heavy atom. The maximum absolute atomic E-state index is 14.1. The van der Waals surface area contributed by atoms with E-state index in [0.29, 0.717) is 12.2 Å². The Bertz CT molecular complexity index is 797. The zero-order chi connectivity index (χ0) is 14.8. The second-order valence-corrected chi connectivity index (χ2v) is 4.87. The topological polar surface area (TPSA) is 21.1 Å². The lowest BCUT2D eigenvalue weighted by Gasteiger charge is -2.25.